The van der Waals surface area contributed by atoms with Gasteiger partial charge in [0.25, 0.3) is 5.91 Å². The number of aryl methyl sites for hydroxylation is 2. The number of aromatic nitrogens is 2. The number of amides is 1. The highest BCUT2D eigenvalue weighted by atomic mass is 32.1. The van der Waals surface area contributed by atoms with Gasteiger partial charge in [-0.3, -0.25) is 4.79 Å². The van der Waals surface area contributed by atoms with Crippen molar-refractivity contribution in [1.29, 1.82) is 0 Å². The van der Waals surface area contributed by atoms with Gasteiger partial charge in [0.05, 0.1) is 18.5 Å². The maximum absolute atomic E-state index is 12.9. The number of carbonyl (C=O) groups is 1. The number of furan rings is 1. The Morgan fingerprint density at radius 1 is 1.20 bits per heavy atom. The molecule has 0 bridgehead atoms. The first-order valence-corrected chi connectivity index (χ1v) is 8.80. The van der Waals surface area contributed by atoms with Gasteiger partial charge < -0.3 is 14.3 Å². The molecule has 1 N–H and O–H groups in total. The summed E-state index contributed by atoms with van der Waals surface area (Å²) in [5.74, 6) is 0.601. The predicted molar refractivity (Wildman–Crippen MR) is 98.3 cm³/mol. The molecule has 4 aromatic heterocycles. The van der Waals surface area contributed by atoms with E-state index in [9.17, 15) is 4.79 Å². The van der Waals surface area contributed by atoms with Crippen molar-refractivity contribution in [3.8, 4) is 5.69 Å². The Morgan fingerprint density at radius 3 is 2.72 bits per heavy atom. The van der Waals surface area contributed by atoms with Crippen molar-refractivity contribution in [2.24, 2.45) is 0 Å². The Morgan fingerprint density at radius 2 is 2.00 bits per heavy atom. The average Bonchev–Trinajstić information content (AvgIpc) is 3.32. The standard InChI is InChI=1S/C19H17N3O2S/c1-12-7-8-13(2)22(12)16-15-6-3-9-20-19(15)25-17(16)18(23)21-11-14-5-4-10-24-14/h3-10H,11H2,1-2H3,(H,21,23). The van der Waals surface area contributed by atoms with Crippen LogP contribution in [0.1, 0.15) is 26.8 Å². The fourth-order valence-electron chi connectivity index (χ4n) is 2.98. The van der Waals surface area contributed by atoms with Crippen LogP contribution in [-0.4, -0.2) is 15.5 Å². The lowest BCUT2D eigenvalue weighted by molar-refractivity contribution is 0.0952. The minimum Gasteiger partial charge on any atom is -0.467 e. The van der Waals surface area contributed by atoms with Crippen LogP contribution < -0.4 is 5.32 Å². The van der Waals surface area contributed by atoms with Crippen molar-refractivity contribution in [2.75, 3.05) is 0 Å². The first-order chi connectivity index (χ1) is 12.1. The lowest BCUT2D eigenvalue weighted by Crippen LogP contribution is -2.23. The molecule has 0 aromatic carbocycles. The van der Waals surface area contributed by atoms with Crippen molar-refractivity contribution in [2.45, 2.75) is 20.4 Å². The number of hydrogen-bond acceptors (Lipinski definition) is 4. The molecule has 0 aliphatic rings. The highest BCUT2D eigenvalue weighted by molar-refractivity contribution is 7.21. The zero-order valence-electron chi connectivity index (χ0n) is 13.9. The molecule has 0 spiro atoms. The number of pyridine rings is 1. The van der Waals surface area contributed by atoms with Gasteiger partial charge in [0.2, 0.25) is 0 Å². The van der Waals surface area contributed by atoms with Crippen LogP contribution in [-0.2, 0) is 6.54 Å². The molecule has 6 heteroatoms. The van der Waals surface area contributed by atoms with Crippen molar-refractivity contribution < 1.29 is 9.21 Å². The van der Waals surface area contributed by atoms with Crippen LogP contribution in [0.5, 0.6) is 0 Å². The van der Waals surface area contributed by atoms with E-state index < -0.39 is 0 Å². The second-order valence-corrected chi connectivity index (χ2v) is 6.85. The van der Waals surface area contributed by atoms with E-state index in [0.29, 0.717) is 11.4 Å². The first kappa shape index (κ1) is 15.7. The fourth-order valence-corrected chi connectivity index (χ4v) is 4.02. The third-order valence-corrected chi connectivity index (χ3v) is 5.25. The highest BCUT2D eigenvalue weighted by Gasteiger charge is 2.22. The maximum atomic E-state index is 12.9. The lowest BCUT2D eigenvalue weighted by Gasteiger charge is -2.11. The van der Waals surface area contributed by atoms with Crippen molar-refractivity contribution in [3.05, 3.63) is 70.9 Å². The van der Waals surface area contributed by atoms with Crippen LogP contribution in [0.3, 0.4) is 0 Å². The van der Waals surface area contributed by atoms with Gasteiger partial charge in [0.1, 0.15) is 15.5 Å². The molecule has 0 saturated heterocycles. The summed E-state index contributed by atoms with van der Waals surface area (Å²) in [4.78, 5) is 18.8. The van der Waals surface area contributed by atoms with Gasteiger partial charge in [-0.1, -0.05) is 0 Å². The molecule has 126 valence electrons. The van der Waals surface area contributed by atoms with E-state index in [0.717, 1.165) is 33.1 Å². The number of hydrogen-bond donors (Lipinski definition) is 1. The molecular weight excluding hydrogens is 334 g/mol. The molecule has 0 radical (unpaired) electrons. The van der Waals surface area contributed by atoms with E-state index in [1.54, 1.807) is 12.5 Å². The fraction of sp³-hybridized carbons (Fsp3) is 0.158. The van der Waals surface area contributed by atoms with Crippen molar-refractivity contribution >= 4 is 27.5 Å². The summed E-state index contributed by atoms with van der Waals surface area (Å²) < 4.78 is 7.40. The molecule has 0 aliphatic carbocycles. The third-order valence-electron chi connectivity index (χ3n) is 4.14. The van der Waals surface area contributed by atoms with Gasteiger partial charge in [-0.05, 0) is 50.2 Å². The quantitative estimate of drug-likeness (QED) is 0.599. The zero-order chi connectivity index (χ0) is 17.4. The van der Waals surface area contributed by atoms with Gasteiger partial charge >= 0.3 is 0 Å². The Bertz CT molecular complexity index is 1020. The van der Waals surface area contributed by atoms with Crippen LogP contribution in [0.4, 0.5) is 0 Å². The molecule has 0 fully saturated rings. The molecule has 1 amide bonds. The number of thiophene rings is 1. The first-order valence-electron chi connectivity index (χ1n) is 7.98. The van der Waals surface area contributed by atoms with E-state index in [2.05, 4.69) is 27.0 Å². The van der Waals surface area contributed by atoms with Gasteiger partial charge in [0, 0.05) is 23.0 Å². The predicted octanol–water partition coefficient (Wildman–Crippen LogP) is 4.23. The van der Waals surface area contributed by atoms with E-state index in [4.69, 9.17) is 4.42 Å². The van der Waals surface area contributed by atoms with Crippen LogP contribution in [0, 0.1) is 13.8 Å². The van der Waals surface area contributed by atoms with E-state index >= 15 is 0 Å². The summed E-state index contributed by atoms with van der Waals surface area (Å²) in [6, 6.07) is 11.7. The lowest BCUT2D eigenvalue weighted by atomic mass is 10.2. The topological polar surface area (TPSA) is 60.1 Å². The van der Waals surface area contributed by atoms with Crippen LogP contribution in [0.25, 0.3) is 15.9 Å². The van der Waals surface area contributed by atoms with Crippen molar-refractivity contribution in [1.82, 2.24) is 14.9 Å². The number of fused-ring (bicyclic) bond motifs is 1. The van der Waals surface area contributed by atoms with E-state index in [-0.39, 0.29) is 5.91 Å². The monoisotopic (exact) mass is 351 g/mol. The van der Waals surface area contributed by atoms with Crippen LogP contribution in [0.15, 0.2) is 53.3 Å². The van der Waals surface area contributed by atoms with Crippen LogP contribution >= 0.6 is 11.3 Å². The van der Waals surface area contributed by atoms with Gasteiger partial charge in [-0.15, -0.1) is 11.3 Å². The normalized spacial score (nSPS) is 11.1. The average molecular weight is 351 g/mol. The number of rotatable bonds is 4. The molecule has 0 saturated carbocycles. The largest absolute Gasteiger partial charge is 0.467 e. The summed E-state index contributed by atoms with van der Waals surface area (Å²) in [7, 11) is 0. The molecule has 4 heterocycles. The molecule has 0 aliphatic heterocycles. The molecular formula is C19H17N3O2S. The second-order valence-electron chi connectivity index (χ2n) is 5.85. The van der Waals surface area contributed by atoms with Gasteiger partial charge in [-0.25, -0.2) is 4.98 Å². The molecule has 25 heavy (non-hydrogen) atoms. The van der Waals surface area contributed by atoms with Crippen molar-refractivity contribution in [3.63, 3.8) is 0 Å². The number of nitrogens with zero attached hydrogens (tertiary/aromatic N) is 2. The Labute approximate surface area is 148 Å². The second kappa shape index (κ2) is 6.22. The third kappa shape index (κ3) is 2.74. The molecule has 0 unspecified atom stereocenters. The molecule has 0 atom stereocenters. The minimum absolute atomic E-state index is 0.123. The smallest absolute Gasteiger partial charge is 0.263 e. The minimum atomic E-state index is -0.123. The Kier molecular flexibility index (Phi) is 3.89. The Balaban J connectivity index is 1.80. The summed E-state index contributed by atoms with van der Waals surface area (Å²) in [6.07, 6.45) is 3.35. The van der Waals surface area contributed by atoms with E-state index in [1.165, 1.54) is 11.3 Å². The van der Waals surface area contributed by atoms with E-state index in [1.807, 2.05) is 38.1 Å². The molecule has 4 rings (SSSR count). The number of nitrogens with one attached hydrogen (secondary N) is 1. The van der Waals surface area contributed by atoms with Crippen LogP contribution in [0.2, 0.25) is 0 Å². The Hall–Kier alpha value is -2.86. The molecule has 5 nitrogen and oxygen atoms in total. The zero-order valence-corrected chi connectivity index (χ0v) is 14.8. The maximum Gasteiger partial charge on any atom is 0.263 e. The highest BCUT2D eigenvalue weighted by Crippen LogP contribution is 2.34. The van der Waals surface area contributed by atoms with Gasteiger partial charge in [0.15, 0.2) is 0 Å². The molecule has 4 aromatic rings. The summed E-state index contributed by atoms with van der Waals surface area (Å²) in [6.45, 7) is 4.44. The summed E-state index contributed by atoms with van der Waals surface area (Å²) in [5.41, 5.74) is 3.06. The summed E-state index contributed by atoms with van der Waals surface area (Å²) >= 11 is 1.41. The summed E-state index contributed by atoms with van der Waals surface area (Å²) in [5, 5.41) is 3.92. The number of carbonyl (C=O) groups excluding carboxylic acids is 1. The SMILES string of the molecule is Cc1ccc(C)n1-c1c(C(=O)NCc2ccco2)sc2ncccc12. The van der Waals surface area contributed by atoms with Gasteiger partial charge in [-0.2, -0.15) is 0 Å².